The van der Waals surface area contributed by atoms with Crippen LogP contribution >= 0.6 is 0 Å². The summed E-state index contributed by atoms with van der Waals surface area (Å²) >= 11 is 0. The highest BCUT2D eigenvalue weighted by Gasteiger charge is 2.59. The van der Waals surface area contributed by atoms with E-state index in [2.05, 4.69) is 5.32 Å². The third-order valence-electron chi connectivity index (χ3n) is 7.03. The van der Waals surface area contributed by atoms with Gasteiger partial charge in [-0.15, -0.1) is 0 Å². The third kappa shape index (κ3) is 2.79. The number of aliphatic hydroxyl groups is 1. The summed E-state index contributed by atoms with van der Waals surface area (Å²) in [6.07, 6.45) is 3.11. The van der Waals surface area contributed by atoms with Gasteiger partial charge < -0.3 is 15.3 Å². The van der Waals surface area contributed by atoms with Crippen molar-refractivity contribution in [3.05, 3.63) is 65.7 Å². The van der Waals surface area contributed by atoms with Crippen LogP contribution in [0.25, 0.3) is 0 Å². The standard InChI is InChI=1S/C24H26N2O3/c27-18-12-10-17(11-13-18)22(28)26-15-14-24(21(26)16-6-2-1-3-7-16)19-8-4-5-9-20(19)25-23(24)29/h1-9,17-18,21,27H,10-15H2,(H,25,29)/t17?,18?,21-,24+/m0/s1. The normalized spacial score (nSPS) is 31.0. The quantitative estimate of drug-likeness (QED) is 0.826. The third-order valence-corrected chi connectivity index (χ3v) is 7.03. The fraction of sp³-hybridized carbons (Fsp3) is 0.417. The highest BCUT2D eigenvalue weighted by molar-refractivity contribution is 6.07. The Balaban J connectivity index is 1.58. The molecule has 5 rings (SSSR count). The molecule has 2 aliphatic heterocycles. The van der Waals surface area contributed by atoms with Gasteiger partial charge in [0.15, 0.2) is 0 Å². The number of anilines is 1. The zero-order chi connectivity index (χ0) is 20.0. The molecule has 0 radical (unpaired) electrons. The molecule has 2 aromatic rings. The maximum Gasteiger partial charge on any atom is 0.237 e. The van der Waals surface area contributed by atoms with Crippen LogP contribution in [0.5, 0.6) is 0 Å². The van der Waals surface area contributed by atoms with E-state index in [1.165, 1.54) is 0 Å². The minimum absolute atomic E-state index is 0.0121. The van der Waals surface area contributed by atoms with E-state index in [9.17, 15) is 14.7 Å². The lowest BCUT2D eigenvalue weighted by Gasteiger charge is -2.37. The van der Waals surface area contributed by atoms with Gasteiger partial charge in [-0.1, -0.05) is 48.5 Å². The van der Waals surface area contributed by atoms with E-state index < -0.39 is 5.41 Å². The molecule has 2 amide bonds. The van der Waals surface area contributed by atoms with Crippen LogP contribution in [0.3, 0.4) is 0 Å². The molecule has 2 fully saturated rings. The number of amides is 2. The molecule has 1 saturated carbocycles. The largest absolute Gasteiger partial charge is 0.393 e. The number of carbonyl (C=O) groups is 2. The van der Waals surface area contributed by atoms with Crippen molar-refractivity contribution >= 4 is 17.5 Å². The second kappa shape index (κ2) is 6.99. The molecule has 2 atom stereocenters. The van der Waals surface area contributed by atoms with Gasteiger partial charge in [0.25, 0.3) is 0 Å². The van der Waals surface area contributed by atoms with E-state index in [1.54, 1.807) is 0 Å². The average molecular weight is 390 g/mol. The number of hydrogen-bond donors (Lipinski definition) is 2. The van der Waals surface area contributed by atoms with Gasteiger partial charge in [-0.2, -0.15) is 0 Å². The van der Waals surface area contributed by atoms with Crippen molar-refractivity contribution < 1.29 is 14.7 Å². The predicted octanol–water partition coefficient (Wildman–Crippen LogP) is 3.40. The lowest BCUT2D eigenvalue weighted by molar-refractivity contribution is -0.139. The summed E-state index contributed by atoms with van der Waals surface area (Å²) in [5.74, 6) is 0.0428. The summed E-state index contributed by atoms with van der Waals surface area (Å²) in [5, 5.41) is 12.9. The minimum Gasteiger partial charge on any atom is -0.393 e. The van der Waals surface area contributed by atoms with E-state index in [4.69, 9.17) is 0 Å². The first-order valence-electron chi connectivity index (χ1n) is 10.6. The molecular formula is C24H26N2O3. The lowest BCUT2D eigenvalue weighted by Crippen LogP contribution is -2.44. The van der Waals surface area contributed by atoms with Crippen molar-refractivity contribution in [2.75, 3.05) is 11.9 Å². The zero-order valence-corrected chi connectivity index (χ0v) is 16.4. The van der Waals surface area contributed by atoms with Crippen LogP contribution in [-0.4, -0.2) is 34.5 Å². The van der Waals surface area contributed by atoms with Crippen LogP contribution in [0.1, 0.15) is 49.3 Å². The smallest absolute Gasteiger partial charge is 0.237 e. The van der Waals surface area contributed by atoms with Crippen LogP contribution in [0.2, 0.25) is 0 Å². The molecule has 3 aliphatic rings. The number of benzene rings is 2. The van der Waals surface area contributed by atoms with Crippen LogP contribution in [0.15, 0.2) is 54.6 Å². The Bertz CT molecular complexity index is 936. The summed E-state index contributed by atoms with van der Waals surface area (Å²) in [4.78, 5) is 28.9. The summed E-state index contributed by atoms with van der Waals surface area (Å²) in [6.45, 7) is 0.569. The van der Waals surface area contributed by atoms with Crippen molar-refractivity contribution in [3.8, 4) is 0 Å². The predicted molar refractivity (Wildman–Crippen MR) is 110 cm³/mol. The van der Waals surface area contributed by atoms with E-state index in [-0.39, 0.29) is 29.9 Å². The van der Waals surface area contributed by atoms with Crippen LogP contribution in [-0.2, 0) is 15.0 Å². The number of nitrogens with zero attached hydrogens (tertiary/aromatic N) is 1. The van der Waals surface area contributed by atoms with Gasteiger partial charge in [0.2, 0.25) is 11.8 Å². The van der Waals surface area contributed by atoms with Gasteiger partial charge in [0, 0.05) is 18.2 Å². The van der Waals surface area contributed by atoms with Crippen molar-refractivity contribution in [1.29, 1.82) is 0 Å². The molecule has 5 nitrogen and oxygen atoms in total. The van der Waals surface area contributed by atoms with Crippen LogP contribution in [0, 0.1) is 5.92 Å². The van der Waals surface area contributed by atoms with Gasteiger partial charge in [-0.3, -0.25) is 9.59 Å². The first kappa shape index (κ1) is 18.4. The Morgan fingerprint density at radius 1 is 1.00 bits per heavy atom. The first-order valence-corrected chi connectivity index (χ1v) is 10.6. The first-order chi connectivity index (χ1) is 14.1. The summed E-state index contributed by atoms with van der Waals surface area (Å²) < 4.78 is 0. The molecule has 1 spiro atoms. The van der Waals surface area contributed by atoms with Gasteiger partial charge in [0.1, 0.15) is 5.41 Å². The van der Waals surface area contributed by atoms with Crippen molar-refractivity contribution in [2.45, 2.75) is 49.7 Å². The fourth-order valence-corrected chi connectivity index (χ4v) is 5.58. The van der Waals surface area contributed by atoms with E-state index in [0.717, 1.165) is 16.8 Å². The summed E-state index contributed by atoms with van der Waals surface area (Å²) in [5.41, 5.74) is 2.10. The van der Waals surface area contributed by atoms with Gasteiger partial charge in [-0.25, -0.2) is 0 Å². The molecule has 2 heterocycles. The lowest BCUT2D eigenvalue weighted by atomic mass is 9.72. The Labute approximate surface area is 170 Å². The molecule has 0 bridgehead atoms. The van der Waals surface area contributed by atoms with Gasteiger partial charge in [-0.05, 0) is 49.3 Å². The molecule has 1 saturated heterocycles. The second-order valence-electron chi connectivity index (χ2n) is 8.57. The highest BCUT2D eigenvalue weighted by atomic mass is 16.3. The highest BCUT2D eigenvalue weighted by Crippen LogP contribution is 2.55. The Hall–Kier alpha value is -2.66. The Morgan fingerprint density at radius 2 is 1.69 bits per heavy atom. The van der Waals surface area contributed by atoms with Gasteiger partial charge >= 0.3 is 0 Å². The monoisotopic (exact) mass is 390 g/mol. The molecule has 150 valence electrons. The molecule has 2 aromatic carbocycles. The minimum atomic E-state index is -0.748. The van der Waals surface area contributed by atoms with E-state index in [1.807, 2.05) is 59.5 Å². The molecular weight excluding hydrogens is 364 g/mol. The fourth-order valence-electron chi connectivity index (χ4n) is 5.58. The zero-order valence-electron chi connectivity index (χ0n) is 16.4. The maximum atomic E-state index is 13.6. The number of fused-ring (bicyclic) bond motifs is 2. The molecule has 2 N–H and O–H groups in total. The van der Waals surface area contributed by atoms with Crippen molar-refractivity contribution in [1.82, 2.24) is 4.90 Å². The van der Waals surface area contributed by atoms with Crippen LogP contribution in [0.4, 0.5) is 5.69 Å². The van der Waals surface area contributed by atoms with Gasteiger partial charge in [0.05, 0.1) is 12.1 Å². The molecule has 0 unspecified atom stereocenters. The number of nitrogens with one attached hydrogen (secondary N) is 1. The number of rotatable bonds is 2. The topological polar surface area (TPSA) is 69.6 Å². The number of likely N-dealkylation sites (tertiary alicyclic amines) is 1. The van der Waals surface area contributed by atoms with Crippen LogP contribution < -0.4 is 5.32 Å². The number of para-hydroxylation sites is 1. The molecule has 5 heteroatoms. The Morgan fingerprint density at radius 3 is 2.45 bits per heavy atom. The SMILES string of the molecule is O=C(C1CCC(O)CC1)N1CC[C@]2(C(=O)Nc3ccccc32)[C@@H]1c1ccccc1. The summed E-state index contributed by atoms with van der Waals surface area (Å²) in [7, 11) is 0. The van der Waals surface area contributed by atoms with Crippen molar-refractivity contribution in [2.24, 2.45) is 5.92 Å². The number of hydrogen-bond acceptors (Lipinski definition) is 3. The van der Waals surface area contributed by atoms with E-state index >= 15 is 0 Å². The second-order valence-corrected chi connectivity index (χ2v) is 8.57. The Kier molecular flexibility index (Phi) is 4.43. The average Bonchev–Trinajstić information content (AvgIpc) is 3.28. The maximum absolute atomic E-state index is 13.6. The number of aliphatic hydroxyl groups excluding tert-OH is 1. The molecule has 0 aromatic heterocycles. The van der Waals surface area contributed by atoms with E-state index in [0.29, 0.717) is 38.6 Å². The molecule has 29 heavy (non-hydrogen) atoms. The summed E-state index contributed by atoms with van der Waals surface area (Å²) in [6, 6.07) is 17.5. The molecule has 1 aliphatic carbocycles. The van der Waals surface area contributed by atoms with Crippen molar-refractivity contribution in [3.63, 3.8) is 0 Å². The number of carbonyl (C=O) groups excluding carboxylic acids is 2.